The number of nitrogens with zero attached hydrogens (tertiary/aromatic N) is 2. The van der Waals surface area contributed by atoms with Gasteiger partial charge in [-0.25, -0.2) is 4.79 Å². The Balaban J connectivity index is 1.73. The fourth-order valence-electron chi connectivity index (χ4n) is 5.29. The van der Waals surface area contributed by atoms with Gasteiger partial charge in [0.25, 0.3) is 11.8 Å². The predicted octanol–water partition coefficient (Wildman–Crippen LogP) is 1.86. The van der Waals surface area contributed by atoms with Gasteiger partial charge in [0.15, 0.2) is 16.9 Å². The molecule has 2 aliphatic heterocycles. The number of barbiturate groups is 1. The molecule has 0 radical (unpaired) electrons. The molecule has 1 saturated heterocycles. The molecule has 4 amide bonds. The predicted molar refractivity (Wildman–Crippen MR) is 128 cm³/mol. The van der Waals surface area contributed by atoms with E-state index in [1.165, 1.54) is 19.7 Å². The smallest absolute Gasteiger partial charge is 0.332 e. The first kappa shape index (κ1) is 24.2. The van der Waals surface area contributed by atoms with Crippen LogP contribution in [0.1, 0.15) is 33.8 Å². The van der Waals surface area contributed by atoms with E-state index in [4.69, 9.17) is 9.47 Å². The van der Waals surface area contributed by atoms with E-state index in [1.807, 2.05) is 31.2 Å². The molecule has 8 nitrogen and oxygen atoms in total. The molecule has 1 aromatic carbocycles. The summed E-state index contributed by atoms with van der Waals surface area (Å²) in [5.74, 6) is 0.503. The van der Waals surface area contributed by atoms with Gasteiger partial charge in [-0.15, -0.1) is 11.3 Å². The normalized spacial score (nSPS) is 22.1. The molecule has 4 rings (SSSR count). The number of carbonyl (C=O) groups excluding carboxylic acids is 3. The van der Waals surface area contributed by atoms with Gasteiger partial charge >= 0.3 is 6.03 Å². The van der Waals surface area contributed by atoms with Crippen molar-refractivity contribution in [3.63, 3.8) is 0 Å². The van der Waals surface area contributed by atoms with Crippen molar-refractivity contribution in [2.75, 3.05) is 41.4 Å². The summed E-state index contributed by atoms with van der Waals surface area (Å²) in [5.41, 5.74) is 0.962. The van der Waals surface area contributed by atoms with Crippen LogP contribution in [0.25, 0.3) is 0 Å². The molecule has 34 heavy (non-hydrogen) atoms. The molecule has 1 fully saturated rings. The van der Waals surface area contributed by atoms with Gasteiger partial charge in [0.1, 0.15) is 12.6 Å². The summed E-state index contributed by atoms with van der Waals surface area (Å²) in [5, 5.41) is 0. The van der Waals surface area contributed by atoms with E-state index in [0.29, 0.717) is 18.0 Å². The largest absolute Gasteiger partial charge is 0.493 e. The van der Waals surface area contributed by atoms with E-state index < -0.39 is 23.3 Å². The number of carbonyl (C=O) groups is 3. The van der Waals surface area contributed by atoms with E-state index in [0.717, 1.165) is 43.0 Å². The first-order valence-corrected chi connectivity index (χ1v) is 12.2. The van der Waals surface area contributed by atoms with Crippen LogP contribution in [-0.4, -0.2) is 69.0 Å². The quantitative estimate of drug-likeness (QED) is 0.631. The maximum absolute atomic E-state index is 13.6. The average Bonchev–Trinajstić information content (AvgIpc) is 3.25. The van der Waals surface area contributed by atoms with Gasteiger partial charge in [-0.3, -0.25) is 19.4 Å². The lowest BCUT2D eigenvalue weighted by Crippen LogP contribution is -3.15. The summed E-state index contributed by atoms with van der Waals surface area (Å²) in [6.07, 6.45) is 1.07. The van der Waals surface area contributed by atoms with E-state index in [2.05, 4.69) is 6.92 Å². The minimum absolute atomic E-state index is 0.0272. The van der Waals surface area contributed by atoms with Gasteiger partial charge in [0.2, 0.25) is 0 Å². The van der Waals surface area contributed by atoms with Crippen LogP contribution in [0.4, 0.5) is 4.79 Å². The van der Waals surface area contributed by atoms with Crippen molar-refractivity contribution in [1.29, 1.82) is 0 Å². The van der Waals surface area contributed by atoms with E-state index >= 15 is 0 Å². The van der Waals surface area contributed by atoms with Gasteiger partial charge in [-0.1, -0.05) is 0 Å². The van der Waals surface area contributed by atoms with E-state index in [1.54, 1.807) is 25.6 Å². The monoisotopic (exact) mass is 486 g/mol. The van der Waals surface area contributed by atoms with Crippen LogP contribution in [0.5, 0.6) is 11.5 Å². The van der Waals surface area contributed by atoms with Crippen LogP contribution in [0.2, 0.25) is 0 Å². The Bertz CT molecular complexity index is 1120. The SMILES string of the molecule is COc1cc2c(cc1OC)[C@H](C)[NH+](CC1(Cc3ccc(C)s3)C(=O)N(C)C(=O)N(C)C1=O)CC2. The van der Waals surface area contributed by atoms with Crippen molar-refractivity contribution < 1.29 is 28.8 Å². The molecule has 2 atom stereocenters. The number of benzene rings is 1. The number of rotatable bonds is 6. The molecule has 2 aromatic rings. The third-order valence-corrected chi connectivity index (χ3v) is 8.24. The molecule has 1 N–H and O–H groups in total. The molecule has 0 spiro atoms. The van der Waals surface area contributed by atoms with Gasteiger partial charge in [-0.2, -0.15) is 0 Å². The van der Waals surface area contributed by atoms with Gasteiger partial charge in [-0.05, 0) is 43.7 Å². The van der Waals surface area contributed by atoms with Crippen LogP contribution in [0, 0.1) is 12.3 Å². The summed E-state index contributed by atoms with van der Waals surface area (Å²) in [7, 11) is 6.16. The Hall–Kier alpha value is -2.91. The lowest BCUT2D eigenvalue weighted by atomic mass is 9.77. The van der Waals surface area contributed by atoms with Crippen molar-refractivity contribution >= 4 is 29.2 Å². The average molecular weight is 487 g/mol. The van der Waals surface area contributed by atoms with Crippen LogP contribution in [0.3, 0.4) is 0 Å². The minimum atomic E-state index is -1.34. The number of imide groups is 2. The fraction of sp³-hybridized carbons (Fsp3) is 0.480. The Kier molecular flexibility index (Phi) is 6.44. The highest BCUT2D eigenvalue weighted by Gasteiger charge is 2.58. The summed E-state index contributed by atoms with van der Waals surface area (Å²) >= 11 is 1.58. The van der Waals surface area contributed by atoms with Gasteiger partial charge in [0.05, 0.1) is 20.8 Å². The maximum Gasteiger partial charge on any atom is 0.332 e. The van der Waals surface area contributed by atoms with Crippen LogP contribution >= 0.6 is 11.3 Å². The van der Waals surface area contributed by atoms with E-state index in [-0.39, 0.29) is 12.5 Å². The zero-order valence-electron chi connectivity index (χ0n) is 20.6. The van der Waals surface area contributed by atoms with Crippen molar-refractivity contribution in [3.8, 4) is 11.5 Å². The second-order valence-corrected chi connectivity index (χ2v) is 10.6. The van der Waals surface area contributed by atoms with Crippen molar-refractivity contribution in [2.24, 2.45) is 5.41 Å². The highest BCUT2D eigenvalue weighted by atomic mass is 32.1. The number of amides is 4. The standard InChI is InChI=1S/C25H31N3O5S/c1-15-7-8-18(34-15)13-25(22(29)26(3)24(31)27(4)23(25)30)14-28-10-9-17-11-20(32-5)21(33-6)12-19(17)16(28)2/h7-8,11-12,16H,9-10,13-14H2,1-6H3/p+1/t16-/m0/s1. The molecule has 0 aliphatic carbocycles. The van der Waals surface area contributed by atoms with E-state index in [9.17, 15) is 14.4 Å². The Morgan fingerprint density at radius 1 is 1.06 bits per heavy atom. The maximum atomic E-state index is 13.6. The number of urea groups is 1. The second-order valence-electron chi connectivity index (χ2n) is 9.24. The Morgan fingerprint density at radius 3 is 2.24 bits per heavy atom. The zero-order chi connectivity index (χ0) is 24.8. The molecular weight excluding hydrogens is 454 g/mol. The zero-order valence-corrected chi connectivity index (χ0v) is 21.4. The Morgan fingerprint density at radius 2 is 1.68 bits per heavy atom. The number of hydrogen-bond acceptors (Lipinski definition) is 6. The molecule has 1 unspecified atom stereocenters. The highest BCUT2D eigenvalue weighted by molar-refractivity contribution is 7.11. The number of fused-ring (bicyclic) bond motifs is 1. The molecular formula is C25H32N3O5S+. The minimum Gasteiger partial charge on any atom is -0.493 e. The summed E-state index contributed by atoms with van der Waals surface area (Å²) < 4.78 is 11.0. The first-order valence-electron chi connectivity index (χ1n) is 11.4. The highest BCUT2D eigenvalue weighted by Crippen LogP contribution is 2.36. The van der Waals surface area contributed by atoms with Crippen molar-refractivity contribution in [3.05, 3.63) is 45.1 Å². The van der Waals surface area contributed by atoms with Crippen LogP contribution in [0.15, 0.2) is 24.3 Å². The third kappa shape index (κ3) is 3.86. The van der Waals surface area contributed by atoms with Gasteiger partial charge < -0.3 is 14.4 Å². The number of methoxy groups -OCH3 is 2. The fourth-order valence-corrected chi connectivity index (χ4v) is 6.30. The molecule has 9 heteroatoms. The summed E-state index contributed by atoms with van der Waals surface area (Å²) in [6.45, 7) is 5.18. The second kappa shape index (κ2) is 9.03. The number of ether oxygens (including phenoxy) is 2. The molecule has 182 valence electrons. The number of hydrogen-bond donors (Lipinski definition) is 1. The molecule has 3 heterocycles. The molecule has 1 aromatic heterocycles. The van der Waals surface area contributed by atoms with Crippen molar-refractivity contribution in [2.45, 2.75) is 32.7 Å². The number of nitrogens with one attached hydrogen (secondary N) is 1. The topological polar surface area (TPSA) is 80.6 Å². The summed E-state index contributed by atoms with van der Waals surface area (Å²) in [4.78, 5) is 45.2. The first-order chi connectivity index (χ1) is 16.1. The molecule has 0 saturated carbocycles. The lowest BCUT2D eigenvalue weighted by molar-refractivity contribution is -0.935. The number of quaternary nitrogens is 1. The van der Waals surface area contributed by atoms with Crippen molar-refractivity contribution in [1.82, 2.24) is 9.80 Å². The van der Waals surface area contributed by atoms with Crippen LogP contribution in [-0.2, 0) is 22.4 Å². The van der Waals surface area contributed by atoms with Gasteiger partial charge in [0, 0.05) is 42.3 Å². The Labute approximate surface area is 204 Å². The molecule has 2 aliphatic rings. The van der Waals surface area contributed by atoms with Crippen LogP contribution < -0.4 is 14.4 Å². The third-order valence-electron chi connectivity index (χ3n) is 7.24. The lowest BCUT2D eigenvalue weighted by Gasteiger charge is -2.44. The number of aryl methyl sites for hydroxylation is 1. The number of thiophene rings is 1. The summed E-state index contributed by atoms with van der Waals surface area (Å²) in [6, 6.07) is 7.43. The molecule has 0 bridgehead atoms.